The SMILES string of the molecule is C1=NC(c2ccc(-c3ccc(C4N=CN(c5ccccc5)C(c5ccccc5)=N4)cc3)cc2)N=C(c2ccccc2)N1c1ccccc1. The number of anilines is 2. The van der Waals surface area contributed by atoms with Crippen LogP contribution in [0.2, 0.25) is 0 Å². The average molecular weight is 621 g/mol. The summed E-state index contributed by atoms with van der Waals surface area (Å²) < 4.78 is 0. The standard InChI is InChI=1S/C42H32N6/c1-5-13-35(14-6-1)41-45-39(43-29-47(41)37-17-9-3-10-18-37)33-25-21-31(22-26-33)32-23-27-34(28-24-32)40-44-30-48(38-19-11-4-12-20-38)42(46-40)36-15-7-2-8-16-36/h1-30,39-40H. The predicted octanol–water partition coefficient (Wildman–Crippen LogP) is 9.34. The maximum absolute atomic E-state index is 5.11. The van der Waals surface area contributed by atoms with E-state index in [0.717, 1.165) is 56.4 Å². The number of aliphatic imine (C=N–C) groups is 4. The van der Waals surface area contributed by atoms with Crippen molar-refractivity contribution in [2.24, 2.45) is 20.0 Å². The van der Waals surface area contributed by atoms with Crippen LogP contribution in [-0.4, -0.2) is 24.3 Å². The molecule has 0 radical (unpaired) electrons. The normalized spacial score (nSPS) is 17.2. The van der Waals surface area contributed by atoms with E-state index in [4.69, 9.17) is 20.0 Å². The van der Waals surface area contributed by atoms with Crippen molar-refractivity contribution in [2.45, 2.75) is 12.3 Å². The van der Waals surface area contributed by atoms with Gasteiger partial charge in [0.1, 0.15) is 11.7 Å². The molecule has 0 amide bonds. The molecule has 8 rings (SSSR count). The number of hydrogen-bond acceptors (Lipinski definition) is 6. The van der Waals surface area contributed by atoms with Crippen LogP contribution < -0.4 is 9.80 Å². The van der Waals surface area contributed by atoms with Gasteiger partial charge in [-0.2, -0.15) is 0 Å². The van der Waals surface area contributed by atoms with Crippen LogP contribution in [-0.2, 0) is 0 Å². The Morgan fingerprint density at radius 2 is 0.667 bits per heavy atom. The van der Waals surface area contributed by atoms with Gasteiger partial charge in [-0.05, 0) is 46.5 Å². The summed E-state index contributed by atoms with van der Waals surface area (Å²) in [5, 5.41) is 0. The minimum absolute atomic E-state index is 0.326. The van der Waals surface area contributed by atoms with Crippen molar-refractivity contribution in [3.63, 3.8) is 0 Å². The summed E-state index contributed by atoms with van der Waals surface area (Å²) in [7, 11) is 0. The zero-order valence-electron chi connectivity index (χ0n) is 26.2. The van der Waals surface area contributed by atoms with Crippen molar-refractivity contribution in [1.29, 1.82) is 0 Å². The number of para-hydroxylation sites is 2. The van der Waals surface area contributed by atoms with Crippen molar-refractivity contribution in [3.05, 3.63) is 192 Å². The van der Waals surface area contributed by atoms with Crippen molar-refractivity contribution in [3.8, 4) is 11.1 Å². The van der Waals surface area contributed by atoms with Gasteiger partial charge >= 0.3 is 0 Å². The molecule has 0 saturated heterocycles. The molecule has 2 unspecified atom stereocenters. The number of benzene rings is 6. The van der Waals surface area contributed by atoms with Crippen LogP contribution in [0.3, 0.4) is 0 Å². The fraction of sp³-hybridized carbons (Fsp3) is 0.0476. The van der Waals surface area contributed by atoms with Gasteiger partial charge in [0.2, 0.25) is 0 Å². The molecular formula is C42H32N6. The number of hydrogen-bond donors (Lipinski definition) is 0. The van der Waals surface area contributed by atoms with E-state index in [1.165, 1.54) is 0 Å². The minimum atomic E-state index is -0.326. The monoisotopic (exact) mass is 620 g/mol. The Labute approximate surface area is 280 Å². The Morgan fingerprint density at radius 1 is 0.333 bits per heavy atom. The van der Waals surface area contributed by atoms with Crippen molar-refractivity contribution in [1.82, 2.24) is 0 Å². The third kappa shape index (κ3) is 5.95. The summed E-state index contributed by atoms with van der Waals surface area (Å²) in [6.45, 7) is 0. The van der Waals surface area contributed by atoms with Crippen molar-refractivity contribution in [2.75, 3.05) is 9.80 Å². The molecule has 0 aromatic heterocycles. The second-order valence-corrected chi connectivity index (χ2v) is 11.6. The molecule has 6 aromatic rings. The number of amidine groups is 2. The van der Waals surface area contributed by atoms with Gasteiger partial charge in [-0.3, -0.25) is 9.80 Å². The fourth-order valence-corrected chi connectivity index (χ4v) is 5.97. The Balaban J connectivity index is 1.03. The van der Waals surface area contributed by atoms with Gasteiger partial charge in [-0.25, -0.2) is 20.0 Å². The third-order valence-electron chi connectivity index (χ3n) is 8.48. The maximum Gasteiger partial charge on any atom is 0.169 e. The van der Waals surface area contributed by atoms with E-state index in [9.17, 15) is 0 Å². The molecule has 48 heavy (non-hydrogen) atoms. The largest absolute Gasteiger partial charge is 0.285 e. The quantitative estimate of drug-likeness (QED) is 0.179. The average Bonchev–Trinajstić information content (AvgIpc) is 3.19. The molecule has 0 aliphatic carbocycles. The molecule has 0 saturated carbocycles. The van der Waals surface area contributed by atoms with E-state index in [1.807, 2.05) is 95.3 Å². The maximum atomic E-state index is 5.11. The molecule has 6 aromatic carbocycles. The molecule has 2 aliphatic rings. The van der Waals surface area contributed by atoms with Gasteiger partial charge in [-0.1, -0.05) is 146 Å². The van der Waals surface area contributed by atoms with Crippen LogP contribution in [0.1, 0.15) is 34.6 Å². The van der Waals surface area contributed by atoms with Crippen molar-refractivity contribution < 1.29 is 0 Å². The Hall–Kier alpha value is -6.40. The summed E-state index contributed by atoms with van der Waals surface area (Å²) >= 11 is 0. The fourth-order valence-electron chi connectivity index (χ4n) is 5.97. The second kappa shape index (κ2) is 13.1. The minimum Gasteiger partial charge on any atom is -0.285 e. The predicted molar refractivity (Wildman–Crippen MR) is 198 cm³/mol. The lowest BCUT2D eigenvalue weighted by molar-refractivity contribution is 0.768. The zero-order valence-corrected chi connectivity index (χ0v) is 26.2. The number of rotatable bonds is 7. The first kappa shape index (κ1) is 29.0. The topological polar surface area (TPSA) is 55.9 Å². The van der Waals surface area contributed by atoms with Gasteiger partial charge in [-0.15, -0.1) is 0 Å². The van der Waals surface area contributed by atoms with E-state index in [0.29, 0.717) is 0 Å². The van der Waals surface area contributed by atoms with Gasteiger partial charge in [0.25, 0.3) is 0 Å². The second-order valence-electron chi connectivity index (χ2n) is 11.6. The van der Waals surface area contributed by atoms with Crippen molar-refractivity contribution >= 4 is 35.7 Å². The molecular weight excluding hydrogens is 589 g/mol. The van der Waals surface area contributed by atoms with E-state index in [-0.39, 0.29) is 12.3 Å². The molecule has 2 heterocycles. The smallest absolute Gasteiger partial charge is 0.169 e. The molecule has 2 aliphatic heterocycles. The summed E-state index contributed by atoms with van der Waals surface area (Å²) in [6, 6.07) is 58.0. The van der Waals surface area contributed by atoms with E-state index in [1.54, 1.807) is 0 Å². The summed E-state index contributed by atoms with van der Waals surface area (Å²) in [5.41, 5.74) is 8.46. The van der Waals surface area contributed by atoms with Crippen LogP contribution in [0.5, 0.6) is 0 Å². The Bertz CT molecular complexity index is 1950. The molecule has 230 valence electrons. The van der Waals surface area contributed by atoms with E-state index >= 15 is 0 Å². The highest BCUT2D eigenvalue weighted by Gasteiger charge is 2.23. The first-order valence-corrected chi connectivity index (χ1v) is 16.0. The van der Waals surface area contributed by atoms with Crippen LogP contribution >= 0.6 is 0 Å². The zero-order chi connectivity index (χ0) is 32.1. The van der Waals surface area contributed by atoms with Crippen LogP contribution in [0, 0.1) is 0 Å². The van der Waals surface area contributed by atoms with Crippen LogP contribution in [0.4, 0.5) is 11.4 Å². The molecule has 6 nitrogen and oxygen atoms in total. The highest BCUT2D eigenvalue weighted by molar-refractivity contribution is 6.21. The highest BCUT2D eigenvalue weighted by atomic mass is 15.3. The van der Waals surface area contributed by atoms with Crippen LogP contribution in [0.15, 0.2) is 190 Å². The summed E-state index contributed by atoms with van der Waals surface area (Å²) in [6.07, 6.45) is 3.13. The first-order chi connectivity index (χ1) is 23.8. The molecule has 0 fully saturated rings. The van der Waals surface area contributed by atoms with Gasteiger partial charge in [0.15, 0.2) is 12.3 Å². The van der Waals surface area contributed by atoms with Gasteiger partial charge < -0.3 is 0 Å². The number of nitrogens with zero attached hydrogens (tertiary/aromatic N) is 6. The molecule has 2 atom stereocenters. The van der Waals surface area contributed by atoms with Crippen LogP contribution in [0.25, 0.3) is 11.1 Å². The molecule has 0 bridgehead atoms. The van der Waals surface area contributed by atoms with Gasteiger partial charge in [0, 0.05) is 22.5 Å². The highest BCUT2D eigenvalue weighted by Crippen LogP contribution is 2.31. The third-order valence-corrected chi connectivity index (χ3v) is 8.48. The molecule has 6 heteroatoms. The Kier molecular flexibility index (Phi) is 7.95. The lowest BCUT2D eigenvalue weighted by Crippen LogP contribution is -2.33. The van der Waals surface area contributed by atoms with E-state index in [2.05, 4.69) is 97.1 Å². The summed E-state index contributed by atoms with van der Waals surface area (Å²) in [4.78, 5) is 24.0. The van der Waals surface area contributed by atoms with Gasteiger partial charge in [0.05, 0.1) is 12.7 Å². The first-order valence-electron chi connectivity index (χ1n) is 16.0. The van der Waals surface area contributed by atoms with E-state index < -0.39 is 0 Å². The lowest BCUT2D eigenvalue weighted by atomic mass is 10.0. The molecule has 0 N–H and O–H groups in total. The lowest BCUT2D eigenvalue weighted by Gasteiger charge is -2.27. The Morgan fingerprint density at radius 3 is 1.02 bits per heavy atom. The summed E-state index contributed by atoms with van der Waals surface area (Å²) in [5.74, 6) is 1.74. The molecule has 0 spiro atoms.